The second kappa shape index (κ2) is 14.0. The number of fused-ring (bicyclic) bond motifs is 5. The van der Waals surface area contributed by atoms with Crippen LogP contribution in [0.5, 0.6) is 5.75 Å². The van der Waals surface area contributed by atoms with Crippen LogP contribution in [0.1, 0.15) is 36.8 Å². The fourth-order valence-electron chi connectivity index (χ4n) is 10.3. The van der Waals surface area contributed by atoms with Gasteiger partial charge in [-0.3, -0.25) is 44.1 Å². The van der Waals surface area contributed by atoms with Gasteiger partial charge in [-0.15, -0.1) is 11.3 Å². The van der Waals surface area contributed by atoms with E-state index in [0.717, 1.165) is 42.5 Å². The molecular formula is C42H35BrClN7O9S. The predicted molar refractivity (Wildman–Crippen MR) is 231 cm³/mol. The fraction of sp³-hybridized carbons (Fsp3) is 0.310. The van der Waals surface area contributed by atoms with E-state index in [-0.39, 0.29) is 35.8 Å². The highest BCUT2D eigenvalue weighted by atomic mass is 79.9. The van der Waals surface area contributed by atoms with E-state index in [0.29, 0.717) is 26.3 Å². The first-order valence-corrected chi connectivity index (χ1v) is 21.2. The van der Waals surface area contributed by atoms with Gasteiger partial charge in [0.05, 0.1) is 43.6 Å². The van der Waals surface area contributed by atoms with E-state index in [1.165, 1.54) is 41.1 Å². The van der Waals surface area contributed by atoms with Crippen molar-refractivity contribution >= 4 is 101 Å². The number of aromatic hydroxyl groups is 1. The summed E-state index contributed by atoms with van der Waals surface area (Å²) in [5.74, 6) is -7.29. The molecule has 4 aliphatic rings. The topological polar surface area (TPSA) is 202 Å². The summed E-state index contributed by atoms with van der Waals surface area (Å²) in [5, 5.41) is 42.2. The average Bonchev–Trinajstić information content (AvgIpc) is 3.88. The van der Waals surface area contributed by atoms with Crippen molar-refractivity contribution in [2.24, 2.45) is 36.1 Å². The Morgan fingerprint density at radius 3 is 2.30 bits per heavy atom. The molecule has 6 unspecified atom stereocenters. The zero-order valence-corrected chi connectivity index (χ0v) is 36.2. The van der Waals surface area contributed by atoms with E-state index in [1.807, 2.05) is 19.1 Å². The van der Waals surface area contributed by atoms with Gasteiger partial charge in [-0.25, -0.2) is 9.80 Å². The van der Waals surface area contributed by atoms with E-state index < -0.39 is 79.9 Å². The van der Waals surface area contributed by atoms with Crippen LogP contribution >= 0.6 is 38.9 Å². The van der Waals surface area contributed by atoms with Crippen molar-refractivity contribution in [1.82, 2.24) is 9.78 Å². The van der Waals surface area contributed by atoms with Crippen molar-refractivity contribution in [3.8, 4) is 16.3 Å². The van der Waals surface area contributed by atoms with Crippen LogP contribution in [0.25, 0.3) is 20.7 Å². The normalized spacial score (nSPS) is 24.6. The summed E-state index contributed by atoms with van der Waals surface area (Å²) < 4.78 is 3.06. The van der Waals surface area contributed by atoms with Crippen LogP contribution in [0, 0.1) is 56.2 Å². The molecule has 5 aromatic rings. The molecule has 3 fully saturated rings. The molecule has 9 rings (SSSR count). The molecule has 2 aliphatic carbocycles. The minimum absolute atomic E-state index is 0.0244. The molecule has 2 aliphatic heterocycles. The summed E-state index contributed by atoms with van der Waals surface area (Å²) in [6, 6.07) is 14.1. The molecule has 1 N–H and O–H groups in total. The third-order valence-corrected chi connectivity index (χ3v) is 15.0. The lowest BCUT2D eigenvalue weighted by atomic mass is 9.51. The summed E-state index contributed by atoms with van der Waals surface area (Å²) in [5.41, 5.74) is -1.04. The highest BCUT2D eigenvalue weighted by molar-refractivity contribution is 9.10. The number of aryl methyl sites for hydroxylation is 2. The number of nitrogens with zero attached hydrogens (tertiary/aromatic N) is 7. The number of benzene rings is 3. The lowest BCUT2D eigenvalue weighted by Gasteiger charge is -2.49. The van der Waals surface area contributed by atoms with Crippen molar-refractivity contribution in [3.63, 3.8) is 0 Å². The molecule has 4 heterocycles. The van der Waals surface area contributed by atoms with Gasteiger partial charge >= 0.3 is 11.4 Å². The molecule has 4 amide bonds. The molecular weight excluding hydrogens is 894 g/mol. The SMILES string of the molecule is Cc1c(-c2cc(N3C(=O)C4CC5C(=CCC6C(=O)N(c7cc([N+](=O)[O-])c(N(C)C)c([N+](=O)[O-])c7)C(=O)C65)C(c5cc(Br)ccc5O)C4(C)C3=O)n(C)n2)sc2ccc(Cl)cc12. The number of anilines is 3. The van der Waals surface area contributed by atoms with Gasteiger partial charge in [0.25, 0.3) is 0 Å². The highest BCUT2D eigenvalue weighted by Crippen LogP contribution is 2.65. The van der Waals surface area contributed by atoms with Gasteiger partial charge in [-0.2, -0.15) is 5.10 Å². The number of rotatable bonds is 7. The van der Waals surface area contributed by atoms with Crippen LogP contribution in [-0.4, -0.2) is 62.5 Å². The number of allylic oxidation sites excluding steroid dienone is 2. The molecule has 1 saturated carbocycles. The van der Waals surface area contributed by atoms with Gasteiger partial charge in [0.2, 0.25) is 23.6 Å². The molecule has 61 heavy (non-hydrogen) atoms. The predicted octanol–water partition coefficient (Wildman–Crippen LogP) is 8.05. The number of hydrogen-bond acceptors (Lipinski definition) is 12. The van der Waals surface area contributed by atoms with Gasteiger partial charge < -0.3 is 10.0 Å². The summed E-state index contributed by atoms with van der Waals surface area (Å²) in [6.07, 6.45) is 1.80. The fourth-order valence-corrected chi connectivity index (χ4v) is 12.0. The number of nitro groups is 2. The molecule has 3 aromatic carbocycles. The van der Waals surface area contributed by atoms with Gasteiger partial charge in [0, 0.05) is 65.0 Å². The average molecular weight is 929 g/mol. The maximum Gasteiger partial charge on any atom is 0.301 e. The standard InChI is InChI=1S/C42H35BrClN7O9S/c1-18-24-13-20(44)7-11-32(24)61-37(18)28-17-33(47(5)45-28)49-39(54)27-16-25-22(35(42(27,2)41(49)56)26-12-19(43)6-10-31(26)52)8-9-23-34(25)40(55)48(38(23)53)21-14-29(50(57)58)36(46(3)4)30(15-21)51(59)60/h6-8,10-15,17,23,25,27,34-35,52H,9,16H2,1-5H3. The minimum Gasteiger partial charge on any atom is -0.508 e. The molecule has 6 atom stereocenters. The number of aromatic nitrogens is 2. The second-order valence-electron chi connectivity index (χ2n) is 16.3. The van der Waals surface area contributed by atoms with Crippen molar-refractivity contribution in [2.75, 3.05) is 28.8 Å². The van der Waals surface area contributed by atoms with E-state index in [4.69, 9.17) is 16.7 Å². The molecule has 0 radical (unpaired) electrons. The molecule has 0 spiro atoms. The lowest BCUT2D eigenvalue weighted by Crippen LogP contribution is -2.49. The number of carbonyl (C=O) groups is 4. The number of nitro benzene ring substituents is 2. The first-order chi connectivity index (χ1) is 28.8. The Balaban J connectivity index is 1.15. The Hall–Kier alpha value is -5.98. The van der Waals surface area contributed by atoms with Crippen LogP contribution < -0.4 is 14.7 Å². The van der Waals surface area contributed by atoms with Crippen molar-refractivity contribution in [2.45, 2.75) is 32.6 Å². The quantitative estimate of drug-likeness (QED) is 0.0716. The summed E-state index contributed by atoms with van der Waals surface area (Å²) in [7, 11) is 4.46. The second-order valence-corrected chi connectivity index (χ2v) is 18.7. The van der Waals surface area contributed by atoms with E-state index >= 15 is 4.79 Å². The lowest BCUT2D eigenvalue weighted by molar-refractivity contribution is -0.392. The van der Waals surface area contributed by atoms with Crippen molar-refractivity contribution < 1.29 is 34.1 Å². The van der Waals surface area contributed by atoms with Gasteiger partial charge in [0.1, 0.15) is 17.3 Å². The maximum absolute atomic E-state index is 15.2. The van der Waals surface area contributed by atoms with Gasteiger partial charge in [-0.1, -0.05) is 39.2 Å². The minimum atomic E-state index is -1.49. The van der Waals surface area contributed by atoms with E-state index in [2.05, 4.69) is 15.9 Å². The number of halogens is 2. The van der Waals surface area contributed by atoms with Crippen LogP contribution in [0.4, 0.5) is 28.6 Å². The number of carbonyl (C=O) groups excluding carboxylic acids is 4. The summed E-state index contributed by atoms with van der Waals surface area (Å²) in [6.45, 7) is 3.65. The molecule has 0 bridgehead atoms. The Labute approximate surface area is 364 Å². The van der Waals surface area contributed by atoms with Crippen LogP contribution in [0.2, 0.25) is 5.02 Å². The zero-order valence-electron chi connectivity index (χ0n) is 33.1. The first-order valence-electron chi connectivity index (χ1n) is 19.2. The van der Waals surface area contributed by atoms with E-state index in [1.54, 1.807) is 44.3 Å². The van der Waals surface area contributed by atoms with Gasteiger partial charge in [0.15, 0.2) is 5.69 Å². The highest BCUT2D eigenvalue weighted by Gasteiger charge is 2.68. The maximum atomic E-state index is 15.2. The van der Waals surface area contributed by atoms with Crippen LogP contribution in [0.15, 0.2) is 70.7 Å². The van der Waals surface area contributed by atoms with Crippen LogP contribution in [-0.2, 0) is 26.2 Å². The monoisotopic (exact) mass is 927 g/mol. The first kappa shape index (κ1) is 40.4. The molecule has 2 saturated heterocycles. The molecule has 312 valence electrons. The van der Waals surface area contributed by atoms with Crippen molar-refractivity contribution in [3.05, 3.63) is 107 Å². The Bertz CT molecular complexity index is 2860. The van der Waals surface area contributed by atoms with Crippen LogP contribution in [0.3, 0.4) is 0 Å². The number of phenolic OH excluding ortho intramolecular Hbond substituents is 1. The Morgan fingerprint density at radius 1 is 0.951 bits per heavy atom. The number of phenols is 1. The number of imide groups is 2. The molecule has 19 heteroatoms. The summed E-state index contributed by atoms with van der Waals surface area (Å²) >= 11 is 11.3. The molecule has 16 nitrogen and oxygen atoms in total. The van der Waals surface area contributed by atoms with Gasteiger partial charge in [-0.05, 0) is 80.0 Å². The van der Waals surface area contributed by atoms with Crippen molar-refractivity contribution in [1.29, 1.82) is 0 Å². The zero-order chi connectivity index (χ0) is 43.7. The number of amides is 4. The summed E-state index contributed by atoms with van der Waals surface area (Å²) in [4.78, 5) is 86.0. The third-order valence-electron chi connectivity index (χ3n) is 12.9. The van der Waals surface area contributed by atoms with E-state index in [9.17, 15) is 39.7 Å². The third kappa shape index (κ3) is 5.78. The smallest absolute Gasteiger partial charge is 0.301 e. The number of hydrogen-bond donors (Lipinski definition) is 1. The number of thiophene rings is 1. The largest absolute Gasteiger partial charge is 0.508 e. The Morgan fingerprint density at radius 2 is 1.64 bits per heavy atom. The molecule has 2 aromatic heterocycles. The Kier molecular flexibility index (Phi) is 9.30.